The summed E-state index contributed by atoms with van der Waals surface area (Å²) in [6, 6.07) is 4.16. The van der Waals surface area contributed by atoms with E-state index in [1.54, 1.807) is 0 Å². The van der Waals surface area contributed by atoms with E-state index in [-0.39, 0.29) is 5.69 Å². The molecule has 19 heavy (non-hydrogen) atoms. The standard InChI is InChI=1S/C14H16N2O2S/c1-7-5-9(3)10(6-8(7)2)12-11(13(17)18-4)16-14(15)19-12/h5-6H,1-4H3,(H2,15,16). The topological polar surface area (TPSA) is 65.2 Å². The molecule has 5 heteroatoms. The first-order chi connectivity index (χ1) is 8.93. The van der Waals surface area contributed by atoms with Gasteiger partial charge < -0.3 is 10.5 Å². The van der Waals surface area contributed by atoms with Crippen LogP contribution < -0.4 is 5.73 Å². The van der Waals surface area contributed by atoms with Crippen molar-refractivity contribution in [3.05, 3.63) is 34.5 Å². The first-order valence-electron chi connectivity index (χ1n) is 5.87. The molecule has 0 spiro atoms. The molecule has 0 aliphatic rings. The van der Waals surface area contributed by atoms with E-state index in [2.05, 4.69) is 24.0 Å². The van der Waals surface area contributed by atoms with E-state index in [1.807, 2.05) is 13.8 Å². The second kappa shape index (κ2) is 5.01. The number of hydrogen-bond acceptors (Lipinski definition) is 5. The highest BCUT2D eigenvalue weighted by Gasteiger charge is 2.20. The van der Waals surface area contributed by atoms with Crippen LogP contribution in [0.2, 0.25) is 0 Å². The Morgan fingerprint density at radius 1 is 1.21 bits per heavy atom. The van der Waals surface area contributed by atoms with Gasteiger partial charge in [0, 0.05) is 0 Å². The lowest BCUT2D eigenvalue weighted by atomic mass is 9.99. The maximum absolute atomic E-state index is 11.8. The average Bonchev–Trinajstić information content (AvgIpc) is 2.74. The minimum Gasteiger partial charge on any atom is -0.464 e. The van der Waals surface area contributed by atoms with E-state index in [9.17, 15) is 4.79 Å². The number of methoxy groups -OCH3 is 1. The summed E-state index contributed by atoms with van der Waals surface area (Å²) in [6.45, 7) is 6.12. The monoisotopic (exact) mass is 276 g/mol. The van der Waals surface area contributed by atoms with Crippen molar-refractivity contribution in [1.29, 1.82) is 0 Å². The fourth-order valence-electron chi connectivity index (χ4n) is 1.96. The zero-order valence-corrected chi connectivity index (χ0v) is 12.2. The van der Waals surface area contributed by atoms with Crippen LogP contribution in [0.1, 0.15) is 27.2 Å². The number of carbonyl (C=O) groups is 1. The van der Waals surface area contributed by atoms with Gasteiger partial charge in [0.1, 0.15) is 0 Å². The maximum atomic E-state index is 11.8. The van der Waals surface area contributed by atoms with Crippen LogP contribution in [0.25, 0.3) is 10.4 Å². The Morgan fingerprint density at radius 3 is 2.47 bits per heavy atom. The van der Waals surface area contributed by atoms with E-state index in [0.717, 1.165) is 16.0 Å². The zero-order valence-electron chi connectivity index (χ0n) is 11.4. The largest absolute Gasteiger partial charge is 0.464 e. The third kappa shape index (κ3) is 2.46. The van der Waals surface area contributed by atoms with Crippen molar-refractivity contribution in [2.24, 2.45) is 0 Å². The SMILES string of the molecule is COC(=O)c1nc(N)sc1-c1cc(C)c(C)cc1C. The molecule has 2 rings (SSSR count). The summed E-state index contributed by atoms with van der Waals surface area (Å²) in [5.41, 5.74) is 10.5. The Hall–Kier alpha value is -1.88. The van der Waals surface area contributed by atoms with Crippen molar-refractivity contribution in [2.75, 3.05) is 12.8 Å². The third-order valence-electron chi connectivity index (χ3n) is 3.11. The highest BCUT2D eigenvalue weighted by Crippen LogP contribution is 2.35. The summed E-state index contributed by atoms with van der Waals surface area (Å²) in [7, 11) is 1.34. The van der Waals surface area contributed by atoms with Crippen molar-refractivity contribution < 1.29 is 9.53 Å². The van der Waals surface area contributed by atoms with Crippen molar-refractivity contribution in [3.63, 3.8) is 0 Å². The van der Waals surface area contributed by atoms with Gasteiger partial charge in [0.25, 0.3) is 0 Å². The highest BCUT2D eigenvalue weighted by atomic mass is 32.1. The first kappa shape index (κ1) is 13.5. The highest BCUT2D eigenvalue weighted by molar-refractivity contribution is 7.19. The van der Waals surface area contributed by atoms with Crippen LogP contribution in [0.15, 0.2) is 12.1 Å². The molecule has 0 saturated heterocycles. The molecule has 0 aliphatic carbocycles. The van der Waals surface area contributed by atoms with Crippen molar-refractivity contribution in [3.8, 4) is 10.4 Å². The lowest BCUT2D eigenvalue weighted by Gasteiger charge is -2.09. The number of rotatable bonds is 2. The molecule has 0 saturated carbocycles. The molecule has 0 radical (unpaired) electrons. The average molecular weight is 276 g/mol. The Morgan fingerprint density at radius 2 is 1.84 bits per heavy atom. The van der Waals surface area contributed by atoms with Crippen molar-refractivity contribution in [2.45, 2.75) is 20.8 Å². The van der Waals surface area contributed by atoms with Crippen LogP contribution in [-0.4, -0.2) is 18.1 Å². The summed E-state index contributed by atoms with van der Waals surface area (Å²) < 4.78 is 4.76. The van der Waals surface area contributed by atoms with Gasteiger partial charge in [0.15, 0.2) is 10.8 Å². The fraction of sp³-hybridized carbons (Fsp3) is 0.286. The number of aryl methyl sites for hydroxylation is 3. The van der Waals surface area contributed by atoms with Crippen LogP contribution in [-0.2, 0) is 4.74 Å². The minimum absolute atomic E-state index is 0.288. The van der Waals surface area contributed by atoms with E-state index in [0.29, 0.717) is 5.13 Å². The predicted molar refractivity (Wildman–Crippen MR) is 77.5 cm³/mol. The quantitative estimate of drug-likeness (QED) is 0.856. The number of nitrogen functional groups attached to an aromatic ring is 1. The molecule has 100 valence electrons. The van der Waals surface area contributed by atoms with E-state index in [1.165, 1.54) is 29.6 Å². The van der Waals surface area contributed by atoms with Gasteiger partial charge in [-0.1, -0.05) is 23.5 Å². The molecule has 1 heterocycles. The van der Waals surface area contributed by atoms with Gasteiger partial charge in [-0.05, 0) is 43.0 Å². The van der Waals surface area contributed by atoms with Gasteiger partial charge in [0.05, 0.1) is 12.0 Å². The summed E-state index contributed by atoms with van der Waals surface area (Å²) >= 11 is 1.31. The minimum atomic E-state index is -0.458. The van der Waals surface area contributed by atoms with Gasteiger partial charge in [0.2, 0.25) is 0 Å². The van der Waals surface area contributed by atoms with Crippen molar-refractivity contribution in [1.82, 2.24) is 4.98 Å². The summed E-state index contributed by atoms with van der Waals surface area (Å²) in [4.78, 5) is 16.6. The molecule has 1 aromatic heterocycles. The Balaban J connectivity index is 2.65. The normalized spacial score (nSPS) is 10.5. The van der Waals surface area contributed by atoms with Gasteiger partial charge in [-0.15, -0.1) is 0 Å². The number of nitrogens with two attached hydrogens (primary N) is 1. The molecule has 0 amide bonds. The van der Waals surface area contributed by atoms with E-state index in [4.69, 9.17) is 10.5 Å². The summed E-state index contributed by atoms with van der Waals surface area (Å²) in [6.07, 6.45) is 0. The number of anilines is 1. The second-order valence-corrected chi connectivity index (χ2v) is 5.50. The van der Waals surface area contributed by atoms with Crippen LogP contribution in [0.5, 0.6) is 0 Å². The molecule has 0 bridgehead atoms. The molecule has 4 nitrogen and oxygen atoms in total. The van der Waals surface area contributed by atoms with Gasteiger partial charge >= 0.3 is 5.97 Å². The first-order valence-corrected chi connectivity index (χ1v) is 6.68. The van der Waals surface area contributed by atoms with Crippen LogP contribution in [0.3, 0.4) is 0 Å². The number of thiazole rings is 1. The molecule has 0 unspecified atom stereocenters. The van der Waals surface area contributed by atoms with Gasteiger partial charge in [-0.25, -0.2) is 9.78 Å². The Labute approximate surface area is 116 Å². The zero-order chi connectivity index (χ0) is 14.2. The van der Waals surface area contributed by atoms with E-state index >= 15 is 0 Å². The molecule has 2 N–H and O–H groups in total. The smallest absolute Gasteiger partial charge is 0.358 e. The maximum Gasteiger partial charge on any atom is 0.358 e. The molecular formula is C14H16N2O2S. The van der Waals surface area contributed by atoms with E-state index < -0.39 is 5.97 Å². The lowest BCUT2D eigenvalue weighted by molar-refractivity contribution is 0.0596. The van der Waals surface area contributed by atoms with Crippen molar-refractivity contribution >= 4 is 22.4 Å². The molecule has 0 aliphatic heterocycles. The van der Waals surface area contributed by atoms with Crippen LogP contribution >= 0.6 is 11.3 Å². The van der Waals surface area contributed by atoms with Gasteiger partial charge in [-0.2, -0.15) is 0 Å². The number of nitrogens with zero attached hydrogens (tertiary/aromatic N) is 1. The number of aromatic nitrogens is 1. The summed E-state index contributed by atoms with van der Waals surface area (Å²) in [5.74, 6) is -0.458. The lowest BCUT2D eigenvalue weighted by Crippen LogP contribution is -2.04. The number of benzene rings is 1. The third-order valence-corrected chi connectivity index (χ3v) is 4.03. The Bertz CT molecular complexity index is 647. The van der Waals surface area contributed by atoms with Crippen LogP contribution in [0, 0.1) is 20.8 Å². The molecule has 2 aromatic rings. The number of esters is 1. The molecule has 0 atom stereocenters. The number of hydrogen-bond donors (Lipinski definition) is 1. The number of carbonyl (C=O) groups excluding carboxylic acids is 1. The molecule has 1 aromatic carbocycles. The van der Waals surface area contributed by atoms with Crippen LogP contribution in [0.4, 0.5) is 5.13 Å². The van der Waals surface area contributed by atoms with Gasteiger partial charge in [-0.3, -0.25) is 0 Å². The second-order valence-electron chi connectivity index (χ2n) is 4.47. The number of ether oxygens (including phenoxy) is 1. The summed E-state index contributed by atoms with van der Waals surface area (Å²) in [5, 5.41) is 0.369. The fourth-order valence-corrected chi connectivity index (χ4v) is 2.86. The molecular weight excluding hydrogens is 260 g/mol. The Kier molecular flexibility index (Phi) is 3.57. The molecule has 0 fully saturated rings. The predicted octanol–water partition coefficient (Wildman–Crippen LogP) is 3.10.